The van der Waals surface area contributed by atoms with Gasteiger partial charge in [-0.1, -0.05) is 18.2 Å². The summed E-state index contributed by atoms with van der Waals surface area (Å²) in [7, 11) is 3.17. The molecule has 0 amide bonds. The summed E-state index contributed by atoms with van der Waals surface area (Å²) in [6, 6.07) is 18.0. The van der Waals surface area contributed by atoms with E-state index in [1.807, 2.05) is 48.5 Å². The SMILES string of the molecule is COc1ccc(-c2ccc(=O)n(-c3ccccc3)n2)cc1OC. The van der Waals surface area contributed by atoms with Crippen molar-refractivity contribution < 1.29 is 9.47 Å². The van der Waals surface area contributed by atoms with Crippen LogP contribution >= 0.6 is 0 Å². The Hall–Kier alpha value is -3.08. The molecule has 0 bridgehead atoms. The van der Waals surface area contributed by atoms with Gasteiger partial charge in [0.15, 0.2) is 11.5 Å². The number of rotatable bonds is 4. The molecule has 0 aliphatic heterocycles. The van der Waals surface area contributed by atoms with Crippen molar-refractivity contribution in [2.45, 2.75) is 0 Å². The van der Waals surface area contributed by atoms with Crippen LogP contribution in [-0.2, 0) is 0 Å². The van der Waals surface area contributed by atoms with Crippen LogP contribution in [0.2, 0.25) is 0 Å². The normalized spacial score (nSPS) is 10.3. The molecule has 0 fully saturated rings. The second-order valence-electron chi connectivity index (χ2n) is 4.87. The monoisotopic (exact) mass is 308 g/mol. The van der Waals surface area contributed by atoms with Crippen LogP contribution < -0.4 is 15.0 Å². The van der Waals surface area contributed by atoms with Gasteiger partial charge in [0.25, 0.3) is 5.56 Å². The van der Waals surface area contributed by atoms with Gasteiger partial charge in [-0.2, -0.15) is 9.78 Å². The molecule has 0 atom stereocenters. The van der Waals surface area contributed by atoms with Crippen molar-refractivity contribution in [3.05, 3.63) is 71.0 Å². The van der Waals surface area contributed by atoms with Crippen molar-refractivity contribution >= 4 is 0 Å². The minimum Gasteiger partial charge on any atom is -0.493 e. The van der Waals surface area contributed by atoms with E-state index < -0.39 is 0 Å². The fourth-order valence-electron chi connectivity index (χ4n) is 2.31. The summed E-state index contributed by atoms with van der Waals surface area (Å²) in [4.78, 5) is 12.1. The number of aromatic nitrogens is 2. The zero-order valence-electron chi connectivity index (χ0n) is 12.9. The second kappa shape index (κ2) is 6.36. The molecule has 3 rings (SSSR count). The van der Waals surface area contributed by atoms with Gasteiger partial charge >= 0.3 is 0 Å². The van der Waals surface area contributed by atoms with E-state index in [0.717, 1.165) is 11.3 Å². The average molecular weight is 308 g/mol. The van der Waals surface area contributed by atoms with Gasteiger partial charge in [0.2, 0.25) is 0 Å². The van der Waals surface area contributed by atoms with Crippen molar-refractivity contribution in [1.29, 1.82) is 0 Å². The molecular weight excluding hydrogens is 292 g/mol. The van der Waals surface area contributed by atoms with Crippen molar-refractivity contribution in [2.75, 3.05) is 14.2 Å². The van der Waals surface area contributed by atoms with E-state index in [2.05, 4.69) is 5.10 Å². The van der Waals surface area contributed by atoms with E-state index in [4.69, 9.17) is 9.47 Å². The lowest BCUT2D eigenvalue weighted by atomic mass is 10.1. The lowest BCUT2D eigenvalue weighted by molar-refractivity contribution is 0.355. The van der Waals surface area contributed by atoms with E-state index in [1.54, 1.807) is 20.3 Å². The maximum Gasteiger partial charge on any atom is 0.271 e. The first-order chi connectivity index (χ1) is 11.2. The van der Waals surface area contributed by atoms with Gasteiger partial charge in [0, 0.05) is 11.6 Å². The number of hydrogen-bond acceptors (Lipinski definition) is 4. The van der Waals surface area contributed by atoms with Crippen molar-refractivity contribution in [1.82, 2.24) is 9.78 Å². The number of ether oxygens (including phenoxy) is 2. The summed E-state index contributed by atoms with van der Waals surface area (Å²) in [6.45, 7) is 0. The van der Waals surface area contributed by atoms with Crippen LogP contribution in [-0.4, -0.2) is 24.0 Å². The Kier molecular flexibility index (Phi) is 4.10. The van der Waals surface area contributed by atoms with E-state index >= 15 is 0 Å². The standard InChI is InChI=1S/C18H16N2O3/c1-22-16-10-8-13(12-17(16)23-2)15-9-11-18(21)20(19-15)14-6-4-3-5-7-14/h3-12H,1-2H3. The predicted octanol–water partition coefficient (Wildman–Crippen LogP) is 2.92. The molecule has 3 aromatic rings. The predicted molar refractivity (Wildman–Crippen MR) is 88.4 cm³/mol. The molecule has 0 aliphatic carbocycles. The Morgan fingerprint density at radius 2 is 1.61 bits per heavy atom. The van der Waals surface area contributed by atoms with E-state index in [1.165, 1.54) is 10.7 Å². The molecule has 5 heteroatoms. The van der Waals surface area contributed by atoms with Gasteiger partial charge in [0.1, 0.15) is 0 Å². The highest BCUT2D eigenvalue weighted by atomic mass is 16.5. The van der Waals surface area contributed by atoms with E-state index in [-0.39, 0.29) is 5.56 Å². The molecule has 116 valence electrons. The molecule has 0 unspecified atom stereocenters. The molecular formula is C18H16N2O3. The molecule has 1 aromatic heterocycles. The topological polar surface area (TPSA) is 53.4 Å². The van der Waals surface area contributed by atoms with Crippen LogP contribution in [0.15, 0.2) is 65.5 Å². The zero-order valence-corrected chi connectivity index (χ0v) is 12.9. The largest absolute Gasteiger partial charge is 0.493 e. The Balaban J connectivity index is 2.10. The molecule has 0 saturated carbocycles. The minimum absolute atomic E-state index is 0.180. The maximum absolute atomic E-state index is 12.1. The third-order valence-corrected chi connectivity index (χ3v) is 3.48. The summed E-state index contributed by atoms with van der Waals surface area (Å²) in [5.74, 6) is 1.26. The van der Waals surface area contributed by atoms with Gasteiger partial charge in [-0.05, 0) is 36.4 Å². The quantitative estimate of drug-likeness (QED) is 0.743. The number of nitrogens with zero attached hydrogens (tertiary/aromatic N) is 2. The third-order valence-electron chi connectivity index (χ3n) is 3.48. The van der Waals surface area contributed by atoms with Crippen LogP contribution in [0.1, 0.15) is 0 Å². The molecule has 0 spiro atoms. The second-order valence-corrected chi connectivity index (χ2v) is 4.87. The molecule has 23 heavy (non-hydrogen) atoms. The fourth-order valence-corrected chi connectivity index (χ4v) is 2.31. The van der Waals surface area contributed by atoms with E-state index in [0.29, 0.717) is 17.2 Å². The molecule has 1 heterocycles. The lowest BCUT2D eigenvalue weighted by Gasteiger charge is -2.10. The minimum atomic E-state index is -0.180. The molecule has 0 radical (unpaired) electrons. The molecule has 0 saturated heterocycles. The van der Waals surface area contributed by atoms with Crippen LogP contribution in [0.3, 0.4) is 0 Å². The number of methoxy groups -OCH3 is 2. The summed E-state index contributed by atoms with van der Waals surface area (Å²) in [5, 5.41) is 4.45. The highest BCUT2D eigenvalue weighted by Crippen LogP contribution is 2.31. The first kappa shape index (κ1) is 14.8. The van der Waals surface area contributed by atoms with Gasteiger partial charge in [-0.25, -0.2) is 0 Å². The van der Waals surface area contributed by atoms with Crippen molar-refractivity contribution in [3.8, 4) is 28.4 Å². The van der Waals surface area contributed by atoms with Gasteiger partial charge in [-0.3, -0.25) is 4.79 Å². The summed E-state index contributed by atoms with van der Waals surface area (Å²) < 4.78 is 11.9. The van der Waals surface area contributed by atoms with Crippen LogP contribution in [0, 0.1) is 0 Å². The fraction of sp³-hybridized carbons (Fsp3) is 0.111. The molecule has 0 aliphatic rings. The molecule has 5 nitrogen and oxygen atoms in total. The van der Waals surface area contributed by atoms with Crippen molar-refractivity contribution in [2.24, 2.45) is 0 Å². The lowest BCUT2D eigenvalue weighted by Crippen LogP contribution is -2.20. The average Bonchev–Trinajstić information content (AvgIpc) is 2.62. The summed E-state index contributed by atoms with van der Waals surface area (Å²) in [6.07, 6.45) is 0. The Bertz CT molecular complexity index is 873. The van der Waals surface area contributed by atoms with Gasteiger partial charge in [0.05, 0.1) is 25.6 Å². The van der Waals surface area contributed by atoms with Crippen LogP contribution in [0.25, 0.3) is 16.9 Å². The highest BCUT2D eigenvalue weighted by molar-refractivity contribution is 5.63. The Morgan fingerprint density at radius 3 is 2.30 bits per heavy atom. The highest BCUT2D eigenvalue weighted by Gasteiger charge is 2.09. The molecule has 0 N–H and O–H groups in total. The van der Waals surface area contributed by atoms with E-state index in [9.17, 15) is 4.79 Å². The first-order valence-corrected chi connectivity index (χ1v) is 7.11. The molecule has 2 aromatic carbocycles. The number of para-hydroxylation sites is 1. The summed E-state index contributed by atoms with van der Waals surface area (Å²) in [5.41, 5.74) is 2.06. The van der Waals surface area contributed by atoms with Crippen LogP contribution in [0.4, 0.5) is 0 Å². The first-order valence-electron chi connectivity index (χ1n) is 7.11. The Labute approximate surface area is 133 Å². The smallest absolute Gasteiger partial charge is 0.271 e. The number of hydrogen-bond donors (Lipinski definition) is 0. The third kappa shape index (κ3) is 2.94. The maximum atomic E-state index is 12.1. The van der Waals surface area contributed by atoms with Crippen molar-refractivity contribution in [3.63, 3.8) is 0 Å². The van der Waals surface area contributed by atoms with Crippen LogP contribution in [0.5, 0.6) is 11.5 Å². The Morgan fingerprint density at radius 1 is 0.870 bits per heavy atom. The number of benzene rings is 2. The van der Waals surface area contributed by atoms with Gasteiger partial charge < -0.3 is 9.47 Å². The zero-order chi connectivity index (χ0) is 16.2. The summed E-state index contributed by atoms with van der Waals surface area (Å²) >= 11 is 0. The van der Waals surface area contributed by atoms with Gasteiger partial charge in [-0.15, -0.1) is 0 Å².